The van der Waals surface area contributed by atoms with Crippen LogP contribution in [0.4, 0.5) is 0 Å². The first-order valence-electron chi connectivity index (χ1n) is 4.67. The predicted octanol–water partition coefficient (Wildman–Crippen LogP) is 1.55. The van der Waals surface area contributed by atoms with Crippen LogP contribution in [0.1, 0.15) is 25.7 Å². The Bertz CT molecular complexity index is 172. The molecule has 2 heteroatoms. The molecule has 1 spiro atoms. The van der Waals surface area contributed by atoms with Gasteiger partial charge in [-0.2, -0.15) is 0 Å². The van der Waals surface area contributed by atoms with E-state index in [2.05, 4.69) is 0 Å². The zero-order chi connectivity index (χ0) is 7.31. The van der Waals surface area contributed by atoms with Crippen molar-refractivity contribution in [3.05, 3.63) is 0 Å². The molecule has 11 heavy (non-hydrogen) atoms. The predicted molar refractivity (Wildman–Crippen MR) is 40.1 cm³/mol. The lowest BCUT2D eigenvalue weighted by molar-refractivity contribution is -0.190. The molecule has 1 saturated heterocycles. The van der Waals surface area contributed by atoms with E-state index >= 15 is 0 Å². The number of ether oxygens (including phenoxy) is 2. The second-order valence-electron chi connectivity index (χ2n) is 4.09. The molecular weight excluding hydrogens is 140 g/mol. The molecule has 0 amide bonds. The first-order chi connectivity index (χ1) is 5.39. The molecule has 3 rings (SSSR count). The van der Waals surface area contributed by atoms with Gasteiger partial charge in [0.2, 0.25) is 0 Å². The van der Waals surface area contributed by atoms with Gasteiger partial charge in [-0.1, -0.05) is 0 Å². The monoisotopic (exact) mass is 154 g/mol. The summed E-state index contributed by atoms with van der Waals surface area (Å²) < 4.78 is 11.4. The van der Waals surface area contributed by atoms with Gasteiger partial charge in [0, 0.05) is 12.3 Å². The van der Waals surface area contributed by atoms with Crippen molar-refractivity contribution in [2.24, 2.45) is 11.8 Å². The summed E-state index contributed by atoms with van der Waals surface area (Å²) in [5.41, 5.74) is 0. The normalized spacial score (nSPS) is 45.8. The smallest absolute Gasteiger partial charge is 0.171 e. The summed E-state index contributed by atoms with van der Waals surface area (Å²) in [6, 6.07) is 0. The van der Waals surface area contributed by atoms with Crippen molar-refractivity contribution >= 4 is 0 Å². The largest absolute Gasteiger partial charge is 0.347 e. The first-order valence-corrected chi connectivity index (χ1v) is 4.67. The van der Waals surface area contributed by atoms with Crippen molar-refractivity contribution in [3.63, 3.8) is 0 Å². The second-order valence-corrected chi connectivity index (χ2v) is 4.09. The van der Waals surface area contributed by atoms with Gasteiger partial charge in [-0.05, 0) is 25.2 Å². The van der Waals surface area contributed by atoms with Crippen molar-refractivity contribution in [1.82, 2.24) is 0 Å². The third kappa shape index (κ3) is 0.744. The molecule has 3 fully saturated rings. The number of fused-ring (bicyclic) bond motifs is 3. The summed E-state index contributed by atoms with van der Waals surface area (Å²) in [5.74, 6) is 1.55. The molecule has 0 radical (unpaired) electrons. The molecule has 2 saturated carbocycles. The third-order valence-electron chi connectivity index (χ3n) is 3.51. The van der Waals surface area contributed by atoms with E-state index in [1.807, 2.05) is 0 Å². The number of rotatable bonds is 0. The molecule has 2 atom stereocenters. The Morgan fingerprint density at radius 3 is 2.45 bits per heavy atom. The Morgan fingerprint density at radius 1 is 1.09 bits per heavy atom. The second kappa shape index (κ2) is 1.99. The fraction of sp³-hybridized carbons (Fsp3) is 1.00. The van der Waals surface area contributed by atoms with Crippen LogP contribution in [-0.2, 0) is 9.47 Å². The fourth-order valence-electron chi connectivity index (χ4n) is 3.05. The minimum atomic E-state index is -0.0943. The van der Waals surface area contributed by atoms with Crippen LogP contribution >= 0.6 is 0 Å². The van der Waals surface area contributed by atoms with E-state index in [4.69, 9.17) is 9.47 Å². The molecule has 62 valence electrons. The molecule has 2 bridgehead atoms. The van der Waals surface area contributed by atoms with Crippen molar-refractivity contribution in [2.75, 3.05) is 13.2 Å². The van der Waals surface area contributed by atoms with Gasteiger partial charge in [0.25, 0.3) is 0 Å². The van der Waals surface area contributed by atoms with E-state index in [1.165, 1.54) is 25.7 Å². The fourth-order valence-corrected chi connectivity index (χ4v) is 3.05. The van der Waals surface area contributed by atoms with Crippen molar-refractivity contribution < 1.29 is 9.47 Å². The van der Waals surface area contributed by atoms with Gasteiger partial charge >= 0.3 is 0 Å². The number of hydrogen-bond donors (Lipinski definition) is 0. The van der Waals surface area contributed by atoms with Gasteiger partial charge in [0.1, 0.15) is 0 Å². The van der Waals surface area contributed by atoms with Gasteiger partial charge in [-0.3, -0.25) is 0 Å². The zero-order valence-corrected chi connectivity index (χ0v) is 6.71. The highest BCUT2D eigenvalue weighted by molar-refractivity contribution is 4.98. The summed E-state index contributed by atoms with van der Waals surface area (Å²) >= 11 is 0. The molecule has 0 N–H and O–H groups in total. The van der Waals surface area contributed by atoms with Crippen molar-refractivity contribution in [1.29, 1.82) is 0 Å². The molecule has 0 aromatic rings. The summed E-state index contributed by atoms with van der Waals surface area (Å²) in [4.78, 5) is 0. The van der Waals surface area contributed by atoms with Gasteiger partial charge < -0.3 is 9.47 Å². The molecule has 2 aliphatic carbocycles. The molecular formula is C9H14O2. The Balaban J connectivity index is 1.88. The topological polar surface area (TPSA) is 18.5 Å². The molecule has 3 aliphatic rings. The SMILES string of the molecule is C1COC2(C[C@@H]3CC[C@@H]2C3)O1. The highest BCUT2D eigenvalue weighted by Gasteiger charge is 2.54. The highest BCUT2D eigenvalue weighted by atomic mass is 16.7. The minimum absolute atomic E-state index is 0.0943. The van der Waals surface area contributed by atoms with Crippen LogP contribution in [-0.4, -0.2) is 19.0 Å². The van der Waals surface area contributed by atoms with Crippen molar-refractivity contribution in [2.45, 2.75) is 31.5 Å². The summed E-state index contributed by atoms with van der Waals surface area (Å²) in [6.45, 7) is 1.65. The minimum Gasteiger partial charge on any atom is -0.347 e. The van der Waals surface area contributed by atoms with Crippen LogP contribution < -0.4 is 0 Å². The van der Waals surface area contributed by atoms with E-state index in [0.717, 1.165) is 25.0 Å². The molecule has 0 unspecified atom stereocenters. The van der Waals surface area contributed by atoms with E-state index in [1.54, 1.807) is 0 Å². The average Bonchev–Trinajstić information content (AvgIpc) is 2.64. The van der Waals surface area contributed by atoms with Gasteiger partial charge in [-0.25, -0.2) is 0 Å². The highest BCUT2D eigenvalue weighted by Crippen LogP contribution is 2.54. The molecule has 1 heterocycles. The third-order valence-corrected chi connectivity index (χ3v) is 3.51. The van der Waals surface area contributed by atoms with Crippen LogP contribution in [0.15, 0.2) is 0 Å². The average molecular weight is 154 g/mol. The van der Waals surface area contributed by atoms with E-state index in [9.17, 15) is 0 Å². The Kier molecular flexibility index (Phi) is 1.16. The zero-order valence-electron chi connectivity index (χ0n) is 6.71. The maximum Gasteiger partial charge on any atom is 0.171 e. The van der Waals surface area contributed by atoms with Gasteiger partial charge in [0.15, 0.2) is 5.79 Å². The molecule has 1 aliphatic heterocycles. The maximum atomic E-state index is 5.71. The van der Waals surface area contributed by atoms with Crippen LogP contribution in [0.25, 0.3) is 0 Å². The Hall–Kier alpha value is -0.0800. The van der Waals surface area contributed by atoms with E-state index in [0.29, 0.717) is 0 Å². The lowest BCUT2D eigenvalue weighted by atomic mass is 9.94. The van der Waals surface area contributed by atoms with Crippen molar-refractivity contribution in [3.8, 4) is 0 Å². The quantitative estimate of drug-likeness (QED) is 0.527. The summed E-state index contributed by atoms with van der Waals surface area (Å²) in [7, 11) is 0. The van der Waals surface area contributed by atoms with E-state index < -0.39 is 0 Å². The summed E-state index contributed by atoms with van der Waals surface area (Å²) in [6.07, 6.45) is 5.29. The lowest BCUT2D eigenvalue weighted by Gasteiger charge is -2.31. The lowest BCUT2D eigenvalue weighted by Crippen LogP contribution is -2.36. The van der Waals surface area contributed by atoms with Gasteiger partial charge in [0.05, 0.1) is 13.2 Å². The van der Waals surface area contributed by atoms with E-state index in [-0.39, 0.29) is 5.79 Å². The van der Waals surface area contributed by atoms with Gasteiger partial charge in [-0.15, -0.1) is 0 Å². The summed E-state index contributed by atoms with van der Waals surface area (Å²) in [5, 5.41) is 0. The Labute approximate surface area is 66.9 Å². The first kappa shape index (κ1) is 6.44. The molecule has 0 aromatic carbocycles. The maximum absolute atomic E-state index is 5.71. The van der Waals surface area contributed by atoms with Crippen LogP contribution in [0.2, 0.25) is 0 Å². The number of hydrogen-bond acceptors (Lipinski definition) is 2. The Morgan fingerprint density at radius 2 is 1.91 bits per heavy atom. The standard InChI is InChI=1S/C9H14O2/c1-2-8-5-7(1)6-9(8)10-3-4-11-9/h7-8H,1-6H2/t7-,8-/m1/s1. The molecule has 2 nitrogen and oxygen atoms in total. The van der Waals surface area contributed by atoms with Crippen LogP contribution in [0, 0.1) is 11.8 Å². The molecule has 0 aromatic heterocycles. The van der Waals surface area contributed by atoms with Crippen LogP contribution in [0.3, 0.4) is 0 Å². The van der Waals surface area contributed by atoms with Crippen LogP contribution in [0.5, 0.6) is 0 Å².